The average molecular weight is 677 g/mol. The molecule has 11 rings (SSSR count). The van der Waals surface area contributed by atoms with Crippen LogP contribution in [0.1, 0.15) is 0 Å². The van der Waals surface area contributed by atoms with Crippen LogP contribution in [0.15, 0.2) is 159 Å². The number of furan rings is 2. The molecule has 0 bridgehead atoms. The fourth-order valence-corrected chi connectivity index (χ4v) is 9.46. The summed E-state index contributed by atoms with van der Waals surface area (Å²) in [5, 5.41) is 4.51. The fraction of sp³-hybridized carbons (Fsp3) is 0.0667. The molecule has 2 aliphatic heterocycles. The number of anilines is 6. The zero-order valence-electron chi connectivity index (χ0n) is 28.6. The van der Waals surface area contributed by atoms with Crippen molar-refractivity contribution in [1.29, 1.82) is 0 Å². The van der Waals surface area contributed by atoms with Gasteiger partial charge < -0.3 is 18.6 Å². The number of benzene rings is 7. The summed E-state index contributed by atoms with van der Waals surface area (Å²) in [5.74, 6) is 0. The van der Waals surface area contributed by atoms with Gasteiger partial charge in [-0.15, -0.1) is 0 Å². The molecule has 0 spiro atoms. The van der Waals surface area contributed by atoms with E-state index in [4.69, 9.17) is 8.83 Å². The first-order chi connectivity index (χ1) is 25.0. The van der Waals surface area contributed by atoms with E-state index >= 15 is 0 Å². The first kappa shape index (κ1) is 28.9. The summed E-state index contributed by atoms with van der Waals surface area (Å²) in [4.78, 5) is 6.29. The average Bonchev–Trinajstić information content (AvgIpc) is 3.74. The quantitative estimate of drug-likeness (QED) is 0.174. The van der Waals surface area contributed by atoms with Crippen molar-refractivity contribution < 1.29 is 8.83 Å². The molecule has 0 N–H and O–H groups in total. The van der Waals surface area contributed by atoms with Crippen LogP contribution in [0.5, 0.6) is 0 Å². The van der Waals surface area contributed by atoms with Gasteiger partial charge in [0.05, 0.1) is 11.4 Å². The highest BCUT2D eigenvalue weighted by Gasteiger charge is 2.46. The predicted octanol–water partition coefficient (Wildman–Crippen LogP) is 10.6. The Morgan fingerprint density at radius 2 is 0.902 bits per heavy atom. The molecule has 0 aliphatic carbocycles. The molecule has 0 fully saturated rings. The van der Waals surface area contributed by atoms with Gasteiger partial charge in [-0.25, -0.2) is 10.0 Å². The normalized spacial score (nSPS) is 14.0. The minimum absolute atomic E-state index is 0.0563. The lowest BCUT2D eigenvalue weighted by molar-refractivity contribution is 0.669. The Bertz CT molecular complexity index is 2680. The summed E-state index contributed by atoms with van der Waals surface area (Å²) in [6.45, 7) is -0.0563. The van der Waals surface area contributed by atoms with E-state index in [0.717, 1.165) is 66.6 Å². The second kappa shape index (κ2) is 10.3. The lowest BCUT2D eigenvalue weighted by Crippen LogP contribution is -2.61. The number of rotatable bonds is 3. The van der Waals surface area contributed by atoms with Gasteiger partial charge in [0.25, 0.3) is 6.71 Å². The Morgan fingerprint density at radius 3 is 1.35 bits per heavy atom. The molecule has 51 heavy (non-hydrogen) atoms. The molecule has 4 heterocycles. The van der Waals surface area contributed by atoms with E-state index in [0.29, 0.717) is 0 Å². The Morgan fingerprint density at radius 1 is 0.471 bits per heavy atom. The first-order valence-corrected chi connectivity index (χ1v) is 20.3. The van der Waals surface area contributed by atoms with Gasteiger partial charge in [0, 0.05) is 44.3 Å². The van der Waals surface area contributed by atoms with Crippen molar-refractivity contribution in [3.05, 3.63) is 146 Å². The van der Waals surface area contributed by atoms with E-state index in [9.17, 15) is 0 Å². The SMILES string of the molecule is CS(C)(C)c1cc2c3c(c1)N(c1ccccc1)c1c(ccc4c1oc1ccccc14)B3c1ccc3c(oc4ccccc43)c1N2c1ccccc1. The molecule has 0 amide bonds. The van der Waals surface area contributed by atoms with Gasteiger partial charge in [-0.1, -0.05) is 97.1 Å². The Balaban J connectivity index is 1.34. The van der Waals surface area contributed by atoms with Gasteiger partial charge >= 0.3 is 0 Å². The monoisotopic (exact) mass is 676 g/mol. The van der Waals surface area contributed by atoms with Gasteiger partial charge in [0.1, 0.15) is 11.2 Å². The molecule has 7 aromatic carbocycles. The molecule has 244 valence electrons. The Kier molecular flexibility index (Phi) is 5.87. The summed E-state index contributed by atoms with van der Waals surface area (Å²) in [5.41, 5.74) is 14.2. The van der Waals surface area contributed by atoms with E-state index in [1.165, 1.54) is 32.7 Å². The standard InChI is InChI=1S/C45H33BN2O2S/c1-51(2,3)30-26-37-41-38(27-30)48(29-16-8-5-9-17-29)43-36(25-23-34-32-19-11-13-21-40(32)50-45(34)43)46(41)35-24-22-33-31-18-10-12-20-39(31)49-44(33)42(35)47(37)28-14-6-4-7-15-28/h4-27H,1-3H3. The molecular formula is C45H33BN2O2S. The second-order valence-corrected chi connectivity index (χ2v) is 18.6. The highest BCUT2D eigenvalue weighted by molar-refractivity contribution is 8.32. The van der Waals surface area contributed by atoms with Crippen molar-refractivity contribution in [1.82, 2.24) is 0 Å². The molecular weight excluding hydrogens is 643 g/mol. The zero-order chi connectivity index (χ0) is 34.0. The minimum atomic E-state index is -1.15. The highest BCUT2D eigenvalue weighted by Crippen LogP contribution is 2.54. The largest absolute Gasteiger partial charge is 0.454 e. The summed E-state index contributed by atoms with van der Waals surface area (Å²) in [6, 6.07) is 52.6. The smallest absolute Gasteiger partial charge is 0.252 e. The van der Waals surface area contributed by atoms with Gasteiger partial charge in [-0.2, -0.15) is 0 Å². The molecule has 0 saturated heterocycles. The maximum atomic E-state index is 6.88. The van der Waals surface area contributed by atoms with Crippen molar-refractivity contribution in [3.63, 3.8) is 0 Å². The lowest BCUT2D eigenvalue weighted by Gasteiger charge is -2.45. The fourth-order valence-electron chi connectivity index (χ4n) is 8.53. The van der Waals surface area contributed by atoms with Crippen LogP contribution in [0, 0.1) is 0 Å². The van der Waals surface area contributed by atoms with Crippen LogP contribution in [0.4, 0.5) is 34.1 Å². The van der Waals surface area contributed by atoms with Crippen molar-refractivity contribution in [2.45, 2.75) is 4.90 Å². The first-order valence-electron chi connectivity index (χ1n) is 17.4. The van der Waals surface area contributed by atoms with Gasteiger partial charge in [0.15, 0.2) is 11.2 Å². The molecule has 0 saturated carbocycles. The Hall–Kier alpha value is -5.85. The zero-order valence-corrected chi connectivity index (χ0v) is 29.4. The third-order valence-corrected chi connectivity index (χ3v) is 12.4. The topological polar surface area (TPSA) is 32.8 Å². The van der Waals surface area contributed by atoms with Crippen LogP contribution in [-0.4, -0.2) is 25.5 Å². The van der Waals surface area contributed by atoms with Crippen molar-refractivity contribution >= 4 is 111 Å². The number of para-hydroxylation sites is 4. The van der Waals surface area contributed by atoms with Crippen molar-refractivity contribution in [2.75, 3.05) is 28.6 Å². The third kappa shape index (κ3) is 3.99. The number of hydrogen-bond donors (Lipinski definition) is 0. The molecule has 2 aromatic heterocycles. The van der Waals surface area contributed by atoms with Crippen LogP contribution in [0.25, 0.3) is 43.9 Å². The maximum absolute atomic E-state index is 6.88. The summed E-state index contributed by atoms with van der Waals surface area (Å²) in [7, 11) is -1.15. The third-order valence-electron chi connectivity index (χ3n) is 10.8. The summed E-state index contributed by atoms with van der Waals surface area (Å²) < 4.78 is 13.8. The van der Waals surface area contributed by atoms with E-state index < -0.39 is 10.0 Å². The molecule has 2 aliphatic rings. The van der Waals surface area contributed by atoms with Crippen LogP contribution in [0.3, 0.4) is 0 Å². The van der Waals surface area contributed by atoms with Crippen molar-refractivity contribution in [3.8, 4) is 0 Å². The molecule has 6 heteroatoms. The number of nitrogens with zero attached hydrogens (tertiary/aromatic N) is 2. The van der Waals surface area contributed by atoms with Crippen LogP contribution in [-0.2, 0) is 0 Å². The van der Waals surface area contributed by atoms with Gasteiger partial charge in [-0.05, 0) is 88.6 Å². The molecule has 0 radical (unpaired) electrons. The highest BCUT2D eigenvalue weighted by atomic mass is 32.3. The Labute approximate surface area is 297 Å². The molecule has 4 nitrogen and oxygen atoms in total. The summed E-state index contributed by atoms with van der Waals surface area (Å²) in [6.07, 6.45) is 7.17. The predicted molar refractivity (Wildman–Crippen MR) is 219 cm³/mol. The van der Waals surface area contributed by atoms with Crippen molar-refractivity contribution in [2.24, 2.45) is 0 Å². The molecule has 9 aromatic rings. The number of fused-ring (bicyclic) bond motifs is 12. The molecule has 0 atom stereocenters. The van der Waals surface area contributed by atoms with E-state index in [2.05, 4.69) is 174 Å². The summed E-state index contributed by atoms with van der Waals surface area (Å²) >= 11 is 0. The van der Waals surface area contributed by atoms with Crippen LogP contribution in [0.2, 0.25) is 0 Å². The second-order valence-electron chi connectivity index (χ2n) is 14.4. The van der Waals surface area contributed by atoms with Gasteiger partial charge in [-0.3, -0.25) is 0 Å². The van der Waals surface area contributed by atoms with Gasteiger partial charge in [0.2, 0.25) is 0 Å². The van der Waals surface area contributed by atoms with E-state index in [-0.39, 0.29) is 6.71 Å². The lowest BCUT2D eigenvalue weighted by atomic mass is 9.33. The van der Waals surface area contributed by atoms with E-state index in [1.807, 2.05) is 0 Å². The maximum Gasteiger partial charge on any atom is 0.252 e. The number of hydrogen-bond acceptors (Lipinski definition) is 4. The minimum Gasteiger partial charge on any atom is -0.454 e. The molecule has 0 unspecified atom stereocenters. The van der Waals surface area contributed by atoms with E-state index in [1.54, 1.807) is 0 Å². The van der Waals surface area contributed by atoms with Crippen LogP contribution < -0.4 is 26.2 Å². The van der Waals surface area contributed by atoms with Crippen LogP contribution >= 0.6 is 10.0 Å².